The van der Waals surface area contributed by atoms with Crippen LogP contribution in [-0.2, 0) is 6.42 Å². The summed E-state index contributed by atoms with van der Waals surface area (Å²) in [5.41, 5.74) is 4.23. The van der Waals surface area contributed by atoms with Gasteiger partial charge in [-0.2, -0.15) is 0 Å². The van der Waals surface area contributed by atoms with E-state index in [0.29, 0.717) is 24.7 Å². The van der Waals surface area contributed by atoms with Crippen LogP contribution < -0.4 is 19.7 Å². The minimum Gasteiger partial charge on any atom is -0.486 e. The fourth-order valence-electron chi connectivity index (χ4n) is 3.91. The summed E-state index contributed by atoms with van der Waals surface area (Å²) in [6.07, 6.45) is 2.51. The zero-order valence-electron chi connectivity index (χ0n) is 16.1. The summed E-state index contributed by atoms with van der Waals surface area (Å²) in [5.74, 6) is 1.37. The standard InChI is InChI=1S/C23H21N3O3/c1-15-12-16-4-2-3-5-20(16)26(15)23(27)19-13-18(8-9-24-19)25-17-6-7-21-22(14-17)29-11-10-28-21/h2-9,13-15H,10-12H2,1H3,(H,24,25). The second kappa shape index (κ2) is 7.13. The molecule has 0 saturated heterocycles. The van der Waals surface area contributed by atoms with Gasteiger partial charge < -0.3 is 19.7 Å². The number of hydrogen-bond donors (Lipinski definition) is 1. The molecule has 6 heteroatoms. The molecular formula is C23H21N3O3. The van der Waals surface area contributed by atoms with Crippen molar-refractivity contribution in [3.05, 3.63) is 72.1 Å². The summed E-state index contributed by atoms with van der Waals surface area (Å²) in [4.78, 5) is 19.4. The Morgan fingerprint density at radius 3 is 2.72 bits per heavy atom. The molecule has 0 aliphatic carbocycles. The first kappa shape index (κ1) is 17.6. The van der Waals surface area contributed by atoms with Crippen LogP contribution in [0.5, 0.6) is 11.5 Å². The highest BCUT2D eigenvalue weighted by Crippen LogP contribution is 2.35. The number of aromatic nitrogens is 1. The zero-order valence-corrected chi connectivity index (χ0v) is 16.1. The fraction of sp³-hybridized carbons (Fsp3) is 0.217. The molecule has 2 aliphatic heterocycles. The Hall–Kier alpha value is -3.54. The number of benzene rings is 2. The average Bonchev–Trinajstić information content (AvgIpc) is 3.09. The van der Waals surface area contributed by atoms with Gasteiger partial charge >= 0.3 is 0 Å². The minimum absolute atomic E-state index is 0.0896. The lowest BCUT2D eigenvalue weighted by Crippen LogP contribution is -2.36. The molecule has 3 heterocycles. The number of rotatable bonds is 3. The lowest BCUT2D eigenvalue weighted by molar-refractivity contribution is 0.0976. The molecule has 2 aromatic carbocycles. The summed E-state index contributed by atoms with van der Waals surface area (Å²) in [7, 11) is 0. The summed E-state index contributed by atoms with van der Waals surface area (Å²) in [5, 5.41) is 3.32. The quantitative estimate of drug-likeness (QED) is 0.730. The predicted octanol–water partition coefficient (Wildman–Crippen LogP) is 4.19. The maximum Gasteiger partial charge on any atom is 0.277 e. The Balaban J connectivity index is 1.39. The highest BCUT2D eigenvalue weighted by molar-refractivity contribution is 6.07. The third-order valence-electron chi connectivity index (χ3n) is 5.24. The lowest BCUT2D eigenvalue weighted by atomic mass is 10.1. The zero-order chi connectivity index (χ0) is 19.8. The van der Waals surface area contributed by atoms with Crippen molar-refractivity contribution < 1.29 is 14.3 Å². The molecule has 0 spiro atoms. The monoisotopic (exact) mass is 387 g/mol. The van der Waals surface area contributed by atoms with E-state index < -0.39 is 0 Å². The number of carbonyl (C=O) groups excluding carboxylic acids is 1. The molecular weight excluding hydrogens is 366 g/mol. The van der Waals surface area contributed by atoms with E-state index in [-0.39, 0.29) is 11.9 Å². The highest BCUT2D eigenvalue weighted by Gasteiger charge is 2.31. The normalized spacial score (nSPS) is 17.0. The number of nitrogens with one attached hydrogen (secondary N) is 1. The predicted molar refractivity (Wildman–Crippen MR) is 111 cm³/mol. The number of fused-ring (bicyclic) bond motifs is 2. The first-order valence-corrected chi connectivity index (χ1v) is 9.73. The number of hydrogen-bond acceptors (Lipinski definition) is 5. The number of nitrogens with zero attached hydrogens (tertiary/aromatic N) is 2. The summed E-state index contributed by atoms with van der Waals surface area (Å²) < 4.78 is 11.2. The molecule has 0 fully saturated rings. The van der Waals surface area contributed by atoms with Crippen LogP contribution in [0.2, 0.25) is 0 Å². The van der Waals surface area contributed by atoms with Crippen molar-refractivity contribution in [1.82, 2.24) is 4.98 Å². The van der Waals surface area contributed by atoms with E-state index in [0.717, 1.165) is 29.2 Å². The molecule has 1 atom stereocenters. The van der Waals surface area contributed by atoms with Crippen molar-refractivity contribution in [2.45, 2.75) is 19.4 Å². The van der Waals surface area contributed by atoms with E-state index >= 15 is 0 Å². The third-order valence-corrected chi connectivity index (χ3v) is 5.24. The Morgan fingerprint density at radius 2 is 1.83 bits per heavy atom. The topological polar surface area (TPSA) is 63.7 Å². The van der Waals surface area contributed by atoms with Crippen LogP contribution in [0, 0.1) is 0 Å². The van der Waals surface area contributed by atoms with Gasteiger partial charge in [-0.1, -0.05) is 18.2 Å². The molecule has 0 radical (unpaired) electrons. The van der Waals surface area contributed by atoms with Gasteiger partial charge in [0.2, 0.25) is 0 Å². The molecule has 0 saturated carbocycles. The van der Waals surface area contributed by atoms with Crippen molar-refractivity contribution >= 4 is 23.0 Å². The van der Waals surface area contributed by atoms with Crippen LogP contribution in [0.3, 0.4) is 0 Å². The smallest absolute Gasteiger partial charge is 0.277 e. The van der Waals surface area contributed by atoms with Crippen molar-refractivity contribution in [3.8, 4) is 11.5 Å². The minimum atomic E-state index is -0.0896. The molecule has 1 aromatic heterocycles. The highest BCUT2D eigenvalue weighted by atomic mass is 16.6. The van der Waals surface area contributed by atoms with Crippen molar-refractivity contribution in [1.29, 1.82) is 0 Å². The number of anilines is 3. The van der Waals surface area contributed by atoms with E-state index in [2.05, 4.69) is 23.3 Å². The lowest BCUT2D eigenvalue weighted by Gasteiger charge is -2.22. The Morgan fingerprint density at radius 1 is 1.03 bits per heavy atom. The molecule has 5 rings (SSSR count). The molecule has 1 unspecified atom stereocenters. The molecule has 3 aromatic rings. The van der Waals surface area contributed by atoms with Crippen LogP contribution >= 0.6 is 0 Å². The molecule has 0 bridgehead atoms. The maximum atomic E-state index is 13.2. The number of ether oxygens (including phenoxy) is 2. The van der Waals surface area contributed by atoms with Crippen molar-refractivity contribution in [2.24, 2.45) is 0 Å². The first-order valence-electron chi connectivity index (χ1n) is 9.73. The number of carbonyl (C=O) groups is 1. The van der Waals surface area contributed by atoms with E-state index in [1.54, 1.807) is 12.3 Å². The van der Waals surface area contributed by atoms with Crippen LogP contribution in [0.25, 0.3) is 0 Å². The van der Waals surface area contributed by atoms with Gasteiger partial charge in [0.15, 0.2) is 11.5 Å². The maximum absolute atomic E-state index is 13.2. The van der Waals surface area contributed by atoms with Crippen LogP contribution in [-0.4, -0.2) is 30.1 Å². The van der Waals surface area contributed by atoms with Gasteiger partial charge in [-0.25, -0.2) is 0 Å². The number of pyridine rings is 1. The van der Waals surface area contributed by atoms with E-state index in [4.69, 9.17) is 9.47 Å². The van der Waals surface area contributed by atoms with E-state index in [1.807, 2.05) is 47.4 Å². The van der Waals surface area contributed by atoms with Crippen molar-refractivity contribution in [2.75, 3.05) is 23.4 Å². The average molecular weight is 387 g/mol. The second-order valence-corrected chi connectivity index (χ2v) is 7.27. The third kappa shape index (κ3) is 3.27. The summed E-state index contributed by atoms with van der Waals surface area (Å²) in [6, 6.07) is 17.5. The van der Waals surface area contributed by atoms with E-state index in [1.165, 1.54) is 5.56 Å². The molecule has 1 amide bonds. The van der Waals surface area contributed by atoms with Crippen LogP contribution in [0.4, 0.5) is 17.1 Å². The molecule has 1 N–H and O–H groups in total. The van der Waals surface area contributed by atoms with Crippen LogP contribution in [0.1, 0.15) is 23.0 Å². The molecule has 146 valence electrons. The Labute approximate surface area is 169 Å². The van der Waals surface area contributed by atoms with Gasteiger partial charge in [-0.3, -0.25) is 9.78 Å². The molecule has 6 nitrogen and oxygen atoms in total. The largest absolute Gasteiger partial charge is 0.486 e. The van der Waals surface area contributed by atoms with Crippen LogP contribution in [0.15, 0.2) is 60.8 Å². The first-order chi connectivity index (χ1) is 14.2. The van der Waals surface area contributed by atoms with Gasteiger partial charge in [-0.05, 0) is 49.2 Å². The number of amides is 1. The van der Waals surface area contributed by atoms with Crippen molar-refractivity contribution in [3.63, 3.8) is 0 Å². The summed E-state index contributed by atoms with van der Waals surface area (Å²) in [6.45, 7) is 3.17. The Kier molecular flexibility index (Phi) is 4.31. The van der Waals surface area contributed by atoms with Gasteiger partial charge in [0, 0.05) is 35.4 Å². The molecule has 2 aliphatic rings. The second-order valence-electron chi connectivity index (χ2n) is 7.27. The summed E-state index contributed by atoms with van der Waals surface area (Å²) >= 11 is 0. The molecule has 29 heavy (non-hydrogen) atoms. The van der Waals surface area contributed by atoms with E-state index in [9.17, 15) is 4.79 Å². The number of para-hydroxylation sites is 1. The van der Waals surface area contributed by atoms with Gasteiger partial charge in [0.25, 0.3) is 5.91 Å². The Bertz CT molecular complexity index is 1080. The van der Waals surface area contributed by atoms with Gasteiger partial charge in [-0.15, -0.1) is 0 Å². The fourth-order valence-corrected chi connectivity index (χ4v) is 3.91. The SMILES string of the molecule is CC1Cc2ccccc2N1C(=O)c1cc(Nc2ccc3c(c2)OCCO3)ccn1. The van der Waals surface area contributed by atoms with Gasteiger partial charge in [0.05, 0.1) is 0 Å². The van der Waals surface area contributed by atoms with Gasteiger partial charge in [0.1, 0.15) is 18.9 Å².